The molecular formula is C12H16OS2. The maximum absolute atomic E-state index is 8.56. The number of thiophene rings is 1. The first-order valence-electron chi connectivity index (χ1n) is 4.97. The first-order valence-corrected chi connectivity index (χ1v) is 7.00. The van der Waals surface area contributed by atoms with Crippen LogP contribution in [-0.2, 0) is 5.75 Å². The molecule has 3 heteroatoms. The van der Waals surface area contributed by atoms with E-state index in [-0.39, 0.29) is 6.61 Å². The molecule has 1 heterocycles. The molecule has 0 unspecified atom stereocenters. The average Bonchev–Trinajstić information content (AvgIpc) is 2.62. The maximum Gasteiger partial charge on any atom is 0.104 e. The van der Waals surface area contributed by atoms with Crippen molar-refractivity contribution in [1.82, 2.24) is 0 Å². The minimum absolute atomic E-state index is 0.0622. The van der Waals surface area contributed by atoms with Crippen LogP contribution in [0.15, 0.2) is 11.4 Å². The Morgan fingerprint density at radius 1 is 1.53 bits per heavy atom. The van der Waals surface area contributed by atoms with Crippen molar-refractivity contribution in [2.75, 3.05) is 12.4 Å². The third kappa shape index (κ3) is 5.27. The lowest BCUT2D eigenvalue weighted by Crippen LogP contribution is -1.90. The van der Waals surface area contributed by atoms with E-state index in [9.17, 15) is 0 Å². The molecule has 1 N–H and O–H groups in total. The molecule has 0 bridgehead atoms. The molecule has 0 saturated carbocycles. The highest BCUT2D eigenvalue weighted by atomic mass is 32.2. The number of aliphatic hydroxyl groups excluding tert-OH is 1. The van der Waals surface area contributed by atoms with Crippen molar-refractivity contribution in [3.63, 3.8) is 0 Å². The van der Waals surface area contributed by atoms with E-state index in [0.717, 1.165) is 17.2 Å². The molecule has 1 aromatic rings. The van der Waals surface area contributed by atoms with Crippen LogP contribution in [0.2, 0.25) is 0 Å². The van der Waals surface area contributed by atoms with Gasteiger partial charge in [-0.1, -0.05) is 25.7 Å². The van der Waals surface area contributed by atoms with Gasteiger partial charge < -0.3 is 5.11 Å². The van der Waals surface area contributed by atoms with E-state index >= 15 is 0 Å². The molecule has 0 radical (unpaired) electrons. The van der Waals surface area contributed by atoms with Crippen LogP contribution < -0.4 is 0 Å². The summed E-state index contributed by atoms with van der Waals surface area (Å²) in [5, 5.41) is 10.6. The number of rotatable bonds is 4. The van der Waals surface area contributed by atoms with Crippen molar-refractivity contribution < 1.29 is 5.11 Å². The maximum atomic E-state index is 8.56. The molecule has 1 rings (SSSR count). The molecule has 0 aliphatic rings. The first-order chi connectivity index (χ1) is 7.22. The molecule has 15 heavy (non-hydrogen) atoms. The number of hydrogen-bond donors (Lipinski definition) is 1. The van der Waals surface area contributed by atoms with Crippen LogP contribution >= 0.6 is 23.1 Å². The lowest BCUT2D eigenvalue weighted by Gasteiger charge is -2.01. The summed E-state index contributed by atoms with van der Waals surface area (Å²) in [5.74, 6) is 8.60. The van der Waals surface area contributed by atoms with Crippen molar-refractivity contribution in [1.29, 1.82) is 0 Å². The summed E-state index contributed by atoms with van der Waals surface area (Å²) in [6, 6.07) is 2.11. The topological polar surface area (TPSA) is 20.2 Å². The number of hydrogen-bond acceptors (Lipinski definition) is 3. The molecule has 0 atom stereocenters. The van der Waals surface area contributed by atoms with Gasteiger partial charge in [-0.3, -0.25) is 0 Å². The molecule has 0 fully saturated rings. The van der Waals surface area contributed by atoms with Crippen molar-refractivity contribution in [2.24, 2.45) is 5.92 Å². The summed E-state index contributed by atoms with van der Waals surface area (Å²) in [6.45, 7) is 4.41. The number of aliphatic hydroxyl groups is 1. The molecule has 0 amide bonds. The lowest BCUT2D eigenvalue weighted by atomic mass is 10.3. The quantitative estimate of drug-likeness (QED) is 0.817. The highest BCUT2D eigenvalue weighted by molar-refractivity contribution is 7.98. The second kappa shape index (κ2) is 6.95. The van der Waals surface area contributed by atoms with Gasteiger partial charge in [-0.2, -0.15) is 11.8 Å². The van der Waals surface area contributed by atoms with Gasteiger partial charge in [-0.15, -0.1) is 11.3 Å². The second-order valence-corrected chi connectivity index (χ2v) is 5.70. The highest BCUT2D eigenvalue weighted by Gasteiger charge is 1.99. The Labute approximate surface area is 99.9 Å². The summed E-state index contributed by atoms with van der Waals surface area (Å²) >= 11 is 3.71. The van der Waals surface area contributed by atoms with Crippen LogP contribution in [0.1, 0.15) is 24.3 Å². The monoisotopic (exact) mass is 240 g/mol. The molecule has 0 aliphatic heterocycles. The Balaban J connectivity index is 2.39. The first kappa shape index (κ1) is 12.6. The van der Waals surface area contributed by atoms with Crippen molar-refractivity contribution in [2.45, 2.75) is 19.6 Å². The third-order valence-corrected chi connectivity index (χ3v) is 4.20. The zero-order chi connectivity index (χ0) is 11.1. The van der Waals surface area contributed by atoms with Gasteiger partial charge in [0, 0.05) is 21.6 Å². The zero-order valence-corrected chi connectivity index (χ0v) is 10.8. The van der Waals surface area contributed by atoms with Gasteiger partial charge in [-0.25, -0.2) is 0 Å². The van der Waals surface area contributed by atoms with Crippen LogP contribution in [0, 0.1) is 17.8 Å². The highest BCUT2D eigenvalue weighted by Crippen LogP contribution is 2.21. The molecule has 0 aromatic carbocycles. The average molecular weight is 240 g/mol. The van der Waals surface area contributed by atoms with E-state index in [1.165, 1.54) is 10.6 Å². The molecular weight excluding hydrogens is 224 g/mol. The predicted octanol–water partition coefficient (Wildman–Crippen LogP) is 2.98. The zero-order valence-electron chi connectivity index (χ0n) is 9.12. The molecule has 82 valence electrons. The van der Waals surface area contributed by atoms with Crippen molar-refractivity contribution in [3.05, 3.63) is 21.9 Å². The van der Waals surface area contributed by atoms with Gasteiger partial charge in [0.15, 0.2) is 0 Å². The van der Waals surface area contributed by atoms with E-state index in [0.29, 0.717) is 0 Å². The van der Waals surface area contributed by atoms with Gasteiger partial charge in [-0.05, 0) is 17.7 Å². The van der Waals surface area contributed by atoms with Crippen molar-refractivity contribution in [3.8, 4) is 11.8 Å². The Kier molecular flexibility index (Phi) is 5.85. The summed E-state index contributed by atoms with van der Waals surface area (Å²) < 4.78 is 0. The van der Waals surface area contributed by atoms with E-state index in [1.54, 1.807) is 11.3 Å². The Morgan fingerprint density at radius 3 is 3.00 bits per heavy atom. The standard InChI is InChI=1S/C12H16OS2/c1-10(2)7-14-9-12-6-11(8-15-12)4-3-5-13/h6,8,10,13H,5,7,9H2,1-2H3. The van der Waals surface area contributed by atoms with Gasteiger partial charge in [0.05, 0.1) is 0 Å². The fourth-order valence-corrected chi connectivity index (χ4v) is 3.05. The minimum Gasteiger partial charge on any atom is -0.384 e. The van der Waals surface area contributed by atoms with Gasteiger partial charge >= 0.3 is 0 Å². The Bertz CT molecular complexity index is 344. The molecule has 1 nitrogen and oxygen atoms in total. The lowest BCUT2D eigenvalue weighted by molar-refractivity contribution is 0.350. The van der Waals surface area contributed by atoms with E-state index < -0.39 is 0 Å². The summed E-state index contributed by atoms with van der Waals surface area (Å²) in [4.78, 5) is 1.36. The SMILES string of the molecule is CC(C)CSCc1cc(C#CCO)cs1. The molecule has 0 spiro atoms. The third-order valence-electron chi connectivity index (χ3n) is 1.66. The van der Waals surface area contributed by atoms with Crippen LogP contribution in [0.5, 0.6) is 0 Å². The fourth-order valence-electron chi connectivity index (χ4n) is 1.06. The molecule has 0 aliphatic carbocycles. The van der Waals surface area contributed by atoms with Gasteiger partial charge in [0.2, 0.25) is 0 Å². The predicted molar refractivity (Wildman–Crippen MR) is 69.3 cm³/mol. The van der Waals surface area contributed by atoms with E-state index in [4.69, 9.17) is 5.11 Å². The molecule has 0 saturated heterocycles. The normalized spacial score (nSPS) is 10.1. The van der Waals surface area contributed by atoms with Crippen LogP contribution in [0.25, 0.3) is 0 Å². The summed E-state index contributed by atoms with van der Waals surface area (Å²) in [6.07, 6.45) is 0. The van der Waals surface area contributed by atoms with Crippen LogP contribution in [-0.4, -0.2) is 17.5 Å². The second-order valence-electron chi connectivity index (χ2n) is 3.67. The number of thioether (sulfide) groups is 1. The Morgan fingerprint density at radius 2 is 2.33 bits per heavy atom. The largest absolute Gasteiger partial charge is 0.384 e. The fraction of sp³-hybridized carbons (Fsp3) is 0.500. The summed E-state index contributed by atoms with van der Waals surface area (Å²) in [7, 11) is 0. The van der Waals surface area contributed by atoms with Gasteiger partial charge in [0.1, 0.15) is 6.61 Å². The smallest absolute Gasteiger partial charge is 0.104 e. The van der Waals surface area contributed by atoms with E-state index in [1.807, 2.05) is 17.1 Å². The summed E-state index contributed by atoms with van der Waals surface area (Å²) in [5.41, 5.74) is 1.02. The van der Waals surface area contributed by atoms with E-state index in [2.05, 4.69) is 31.8 Å². The Hall–Kier alpha value is -0.430. The minimum atomic E-state index is -0.0622. The van der Waals surface area contributed by atoms with Crippen LogP contribution in [0.3, 0.4) is 0 Å². The molecule has 1 aromatic heterocycles. The van der Waals surface area contributed by atoms with Crippen molar-refractivity contribution >= 4 is 23.1 Å². The van der Waals surface area contributed by atoms with Crippen LogP contribution in [0.4, 0.5) is 0 Å². The van der Waals surface area contributed by atoms with Gasteiger partial charge in [0.25, 0.3) is 0 Å².